The molecular formula is C14H17FN2S. The molecule has 0 aliphatic rings. The first-order chi connectivity index (χ1) is 8.65. The van der Waals surface area contributed by atoms with Gasteiger partial charge in [0, 0.05) is 30.6 Å². The molecule has 0 amide bonds. The second-order valence-electron chi connectivity index (χ2n) is 4.60. The highest BCUT2D eigenvalue weighted by Crippen LogP contribution is 2.19. The molecule has 2 aromatic rings. The summed E-state index contributed by atoms with van der Waals surface area (Å²) in [7, 11) is 2.05. The van der Waals surface area contributed by atoms with Crippen LogP contribution in [0.3, 0.4) is 0 Å². The molecule has 0 aliphatic heterocycles. The lowest BCUT2D eigenvalue weighted by molar-refractivity contribution is 0.309. The Labute approximate surface area is 111 Å². The van der Waals surface area contributed by atoms with Crippen LogP contribution in [-0.4, -0.2) is 23.5 Å². The molecule has 0 saturated heterocycles. The standard InChI is InChI=1S/C14H17FN2S/c1-11(14-16-6-7-18-14)9-17(2)10-12-4-3-5-13(15)8-12/h3-8,11H,9-10H2,1-2H3/t11-/m0/s1. The number of hydrogen-bond acceptors (Lipinski definition) is 3. The largest absolute Gasteiger partial charge is 0.301 e. The average Bonchev–Trinajstić information content (AvgIpc) is 2.81. The van der Waals surface area contributed by atoms with Crippen LogP contribution in [-0.2, 0) is 6.54 Å². The van der Waals surface area contributed by atoms with Gasteiger partial charge in [-0.1, -0.05) is 19.1 Å². The topological polar surface area (TPSA) is 16.1 Å². The summed E-state index contributed by atoms with van der Waals surface area (Å²) in [5, 5.41) is 3.15. The van der Waals surface area contributed by atoms with Crippen LogP contribution in [0.4, 0.5) is 4.39 Å². The van der Waals surface area contributed by atoms with E-state index in [9.17, 15) is 4.39 Å². The highest BCUT2D eigenvalue weighted by molar-refractivity contribution is 7.09. The van der Waals surface area contributed by atoms with E-state index in [1.165, 1.54) is 6.07 Å². The normalized spacial score (nSPS) is 12.9. The first-order valence-corrected chi connectivity index (χ1v) is 6.85. The van der Waals surface area contributed by atoms with Gasteiger partial charge in [-0.25, -0.2) is 9.37 Å². The number of rotatable bonds is 5. The third-order valence-electron chi connectivity index (χ3n) is 2.80. The summed E-state index contributed by atoms with van der Waals surface area (Å²) in [5.74, 6) is 0.234. The Balaban J connectivity index is 1.91. The maximum Gasteiger partial charge on any atom is 0.123 e. The minimum absolute atomic E-state index is 0.172. The van der Waals surface area contributed by atoms with Gasteiger partial charge in [0.2, 0.25) is 0 Å². The van der Waals surface area contributed by atoms with Crippen LogP contribution in [0, 0.1) is 5.82 Å². The number of thiazole rings is 1. The Hall–Kier alpha value is -1.26. The monoisotopic (exact) mass is 264 g/mol. The van der Waals surface area contributed by atoms with E-state index in [1.54, 1.807) is 23.5 Å². The Kier molecular flexibility index (Phi) is 4.44. The first kappa shape index (κ1) is 13.2. The van der Waals surface area contributed by atoms with E-state index >= 15 is 0 Å². The molecule has 96 valence electrons. The van der Waals surface area contributed by atoms with Crippen LogP contribution in [0.1, 0.15) is 23.4 Å². The number of halogens is 1. The average molecular weight is 264 g/mol. The maximum atomic E-state index is 13.1. The van der Waals surface area contributed by atoms with Crippen LogP contribution < -0.4 is 0 Å². The second-order valence-corrected chi connectivity index (χ2v) is 5.52. The molecule has 0 unspecified atom stereocenters. The summed E-state index contributed by atoms with van der Waals surface area (Å²) >= 11 is 1.68. The van der Waals surface area contributed by atoms with Crippen molar-refractivity contribution in [3.05, 3.63) is 52.2 Å². The quantitative estimate of drug-likeness (QED) is 0.821. The summed E-state index contributed by atoms with van der Waals surface area (Å²) in [6.07, 6.45) is 1.84. The zero-order valence-corrected chi connectivity index (χ0v) is 11.5. The van der Waals surface area contributed by atoms with Crippen molar-refractivity contribution in [2.75, 3.05) is 13.6 Å². The molecule has 0 bridgehead atoms. The van der Waals surface area contributed by atoms with Crippen molar-refractivity contribution in [2.24, 2.45) is 0 Å². The zero-order valence-electron chi connectivity index (χ0n) is 10.6. The van der Waals surface area contributed by atoms with Gasteiger partial charge in [-0.15, -0.1) is 11.3 Å². The summed E-state index contributed by atoms with van der Waals surface area (Å²) < 4.78 is 13.1. The summed E-state index contributed by atoms with van der Waals surface area (Å²) in [6.45, 7) is 3.85. The van der Waals surface area contributed by atoms with Gasteiger partial charge in [0.05, 0.1) is 5.01 Å². The Morgan fingerprint density at radius 1 is 1.44 bits per heavy atom. The van der Waals surface area contributed by atoms with E-state index in [0.29, 0.717) is 5.92 Å². The fourth-order valence-corrected chi connectivity index (χ4v) is 2.72. The predicted octanol–water partition coefficient (Wildman–Crippen LogP) is 3.52. The lowest BCUT2D eigenvalue weighted by Gasteiger charge is -2.20. The van der Waals surface area contributed by atoms with Gasteiger partial charge in [-0.2, -0.15) is 0 Å². The van der Waals surface area contributed by atoms with Gasteiger partial charge in [-0.05, 0) is 24.7 Å². The molecule has 1 aromatic carbocycles. The van der Waals surface area contributed by atoms with Crippen LogP contribution in [0.25, 0.3) is 0 Å². The van der Waals surface area contributed by atoms with Crippen molar-refractivity contribution in [1.82, 2.24) is 9.88 Å². The van der Waals surface area contributed by atoms with Gasteiger partial charge in [0.25, 0.3) is 0 Å². The van der Waals surface area contributed by atoms with Crippen molar-refractivity contribution in [1.29, 1.82) is 0 Å². The summed E-state index contributed by atoms with van der Waals surface area (Å²) in [6, 6.07) is 6.77. The van der Waals surface area contributed by atoms with E-state index < -0.39 is 0 Å². The molecule has 2 rings (SSSR count). The minimum atomic E-state index is -0.172. The van der Waals surface area contributed by atoms with Crippen LogP contribution in [0.15, 0.2) is 35.8 Å². The number of likely N-dealkylation sites (N-methyl/N-ethyl adjacent to an activating group) is 1. The molecule has 1 aromatic heterocycles. The second kappa shape index (κ2) is 6.07. The van der Waals surface area contributed by atoms with Crippen LogP contribution >= 0.6 is 11.3 Å². The third kappa shape index (κ3) is 3.62. The van der Waals surface area contributed by atoms with Crippen molar-refractivity contribution in [2.45, 2.75) is 19.4 Å². The highest BCUT2D eigenvalue weighted by Gasteiger charge is 2.11. The van der Waals surface area contributed by atoms with Crippen molar-refractivity contribution < 1.29 is 4.39 Å². The molecule has 0 saturated carbocycles. The van der Waals surface area contributed by atoms with E-state index in [0.717, 1.165) is 23.7 Å². The molecule has 18 heavy (non-hydrogen) atoms. The van der Waals surface area contributed by atoms with Gasteiger partial charge in [0.15, 0.2) is 0 Å². The highest BCUT2D eigenvalue weighted by atomic mass is 32.1. The first-order valence-electron chi connectivity index (χ1n) is 5.97. The lowest BCUT2D eigenvalue weighted by Crippen LogP contribution is -2.23. The zero-order chi connectivity index (χ0) is 13.0. The molecule has 1 atom stereocenters. The smallest absolute Gasteiger partial charge is 0.123 e. The molecule has 0 fully saturated rings. The lowest BCUT2D eigenvalue weighted by atomic mass is 10.1. The SMILES string of the molecule is C[C@@H](CN(C)Cc1cccc(F)c1)c1nccs1. The van der Waals surface area contributed by atoms with Gasteiger partial charge in [0.1, 0.15) is 5.82 Å². The fraction of sp³-hybridized carbons (Fsp3) is 0.357. The molecule has 2 nitrogen and oxygen atoms in total. The summed E-state index contributed by atoms with van der Waals surface area (Å²) in [4.78, 5) is 6.52. The fourth-order valence-electron chi connectivity index (χ4n) is 2.04. The minimum Gasteiger partial charge on any atom is -0.301 e. The molecular weight excluding hydrogens is 247 g/mol. The third-order valence-corrected chi connectivity index (χ3v) is 3.81. The number of hydrogen-bond donors (Lipinski definition) is 0. The van der Waals surface area contributed by atoms with Crippen molar-refractivity contribution >= 4 is 11.3 Å². The number of aromatic nitrogens is 1. The Morgan fingerprint density at radius 2 is 2.28 bits per heavy atom. The molecule has 1 heterocycles. The maximum absolute atomic E-state index is 13.1. The van der Waals surface area contributed by atoms with Crippen LogP contribution in [0.2, 0.25) is 0 Å². The molecule has 0 N–H and O–H groups in total. The van der Waals surface area contributed by atoms with Gasteiger partial charge in [-0.3, -0.25) is 0 Å². The summed E-state index contributed by atoms with van der Waals surface area (Å²) in [5.41, 5.74) is 1.00. The molecule has 0 radical (unpaired) electrons. The Morgan fingerprint density at radius 3 is 2.94 bits per heavy atom. The van der Waals surface area contributed by atoms with E-state index in [2.05, 4.69) is 23.9 Å². The molecule has 4 heteroatoms. The Bertz CT molecular complexity index is 484. The van der Waals surface area contributed by atoms with E-state index in [1.807, 2.05) is 17.6 Å². The van der Waals surface area contributed by atoms with Crippen molar-refractivity contribution in [3.63, 3.8) is 0 Å². The van der Waals surface area contributed by atoms with E-state index in [-0.39, 0.29) is 5.82 Å². The molecule has 0 aliphatic carbocycles. The van der Waals surface area contributed by atoms with Crippen LogP contribution in [0.5, 0.6) is 0 Å². The number of nitrogens with zero attached hydrogens (tertiary/aromatic N) is 2. The predicted molar refractivity (Wildman–Crippen MR) is 73.3 cm³/mol. The van der Waals surface area contributed by atoms with Gasteiger partial charge >= 0.3 is 0 Å². The number of benzene rings is 1. The molecule has 0 spiro atoms. The van der Waals surface area contributed by atoms with Crippen molar-refractivity contribution in [3.8, 4) is 0 Å². The van der Waals surface area contributed by atoms with E-state index in [4.69, 9.17) is 0 Å². The van der Waals surface area contributed by atoms with Gasteiger partial charge < -0.3 is 4.90 Å².